The second-order valence-electron chi connectivity index (χ2n) is 6.71. The number of aryl methyl sites for hydroxylation is 1. The van der Waals surface area contributed by atoms with E-state index >= 15 is 0 Å². The number of benzene rings is 2. The van der Waals surface area contributed by atoms with E-state index in [1.54, 1.807) is 54.2 Å². The Hall–Kier alpha value is -3.35. The number of hydrogen-bond donors (Lipinski definition) is 1. The molecule has 28 heavy (non-hydrogen) atoms. The second-order valence-corrected chi connectivity index (χ2v) is 6.71. The molecule has 146 valence electrons. The van der Waals surface area contributed by atoms with E-state index in [2.05, 4.69) is 0 Å². The summed E-state index contributed by atoms with van der Waals surface area (Å²) >= 11 is 0. The quantitative estimate of drug-likeness (QED) is 0.877. The van der Waals surface area contributed by atoms with Crippen molar-refractivity contribution in [3.63, 3.8) is 0 Å². The van der Waals surface area contributed by atoms with Crippen molar-refractivity contribution in [2.45, 2.75) is 6.92 Å². The fraction of sp³-hybridized carbons (Fsp3) is 0.286. The Morgan fingerprint density at radius 2 is 1.43 bits per heavy atom. The Labute approximate surface area is 163 Å². The summed E-state index contributed by atoms with van der Waals surface area (Å²) in [6.07, 6.45) is 0. The molecular formula is C21H22N2O5. The number of hydrogen-bond acceptors (Lipinski definition) is 4. The number of aromatic carboxylic acids is 1. The maximum atomic E-state index is 12.8. The normalized spacial score (nSPS) is 13.9. The number of nitrogens with zero attached hydrogens (tertiary/aromatic N) is 2. The zero-order chi connectivity index (χ0) is 20.3. The number of carboxylic acid groups (broad SMARTS) is 1. The van der Waals surface area contributed by atoms with Gasteiger partial charge in [-0.05, 0) is 48.9 Å². The van der Waals surface area contributed by atoms with E-state index in [0.29, 0.717) is 43.1 Å². The average molecular weight is 382 g/mol. The third-order valence-corrected chi connectivity index (χ3v) is 4.74. The first-order valence-corrected chi connectivity index (χ1v) is 8.96. The third kappa shape index (κ3) is 4.14. The van der Waals surface area contributed by atoms with Crippen LogP contribution in [0.3, 0.4) is 0 Å². The van der Waals surface area contributed by atoms with Gasteiger partial charge in [-0.15, -0.1) is 0 Å². The SMILES string of the molecule is COc1cccc(C(=O)N2CCN(C(=O)c3cc(C)cc(C(=O)O)c3)CC2)c1. The summed E-state index contributed by atoms with van der Waals surface area (Å²) in [5.41, 5.74) is 1.71. The average Bonchev–Trinajstić information content (AvgIpc) is 2.72. The van der Waals surface area contributed by atoms with Crippen molar-refractivity contribution < 1.29 is 24.2 Å². The van der Waals surface area contributed by atoms with E-state index in [4.69, 9.17) is 4.74 Å². The van der Waals surface area contributed by atoms with Gasteiger partial charge in [0.25, 0.3) is 11.8 Å². The van der Waals surface area contributed by atoms with Crippen molar-refractivity contribution in [2.75, 3.05) is 33.3 Å². The molecule has 0 aromatic heterocycles. The molecule has 1 fully saturated rings. The van der Waals surface area contributed by atoms with Gasteiger partial charge in [0.15, 0.2) is 0 Å². The highest BCUT2D eigenvalue weighted by Gasteiger charge is 2.26. The Morgan fingerprint density at radius 1 is 0.857 bits per heavy atom. The van der Waals surface area contributed by atoms with Crippen LogP contribution in [0.2, 0.25) is 0 Å². The van der Waals surface area contributed by atoms with Gasteiger partial charge in [-0.2, -0.15) is 0 Å². The molecule has 0 aliphatic carbocycles. The minimum atomic E-state index is -1.06. The first-order chi connectivity index (χ1) is 13.4. The Bertz CT molecular complexity index is 917. The summed E-state index contributed by atoms with van der Waals surface area (Å²) in [6.45, 7) is 3.38. The smallest absolute Gasteiger partial charge is 0.335 e. The number of carbonyl (C=O) groups is 3. The monoisotopic (exact) mass is 382 g/mol. The minimum Gasteiger partial charge on any atom is -0.497 e. The zero-order valence-corrected chi connectivity index (χ0v) is 15.8. The molecule has 3 rings (SSSR count). The summed E-state index contributed by atoms with van der Waals surface area (Å²) in [7, 11) is 1.55. The molecule has 0 unspecified atom stereocenters. The molecule has 0 atom stereocenters. The molecule has 1 aliphatic heterocycles. The van der Waals surface area contributed by atoms with Crippen LogP contribution in [0, 0.1) is 6.92 Å². The molecule has 0 saturated carbocycles. The standard InChI is InChI=1S/C21H22N2O5/c1-14-10-16(12-17(11-14)21(26)27)20(25)23-8-6-22(7-9-23)19(24)15-4-3-5-18(13-15)28-2/h3-5,10-13H,6-9H2,1-2H3,(H,26,27). The largest absolute Gasteiger partial charge is 0.497 e. The first kappa shape index (κ1) is 19.4. The van der Waals surface area contributed by atoms with E-state index < -0.39 is 5.97 Å². The van der Waals surface area contributed by atoms with Crippen LogP contribution in [0.1, 0.15) is 36.6 Å². The summed E-state index contributed by atoms with van der Waals surface area (Å²) < 4.78 is 5.16. The molecule has 0 radical (unpaired) electrons. The number of ether oxygens (including phenoxy) is 1. The summed E-state index contributed by atoms with van der Waals surface area (Å²) in [6, 6.07) is 11.6. The van der Waals surface area contributed by atoms with Crippen molar-refractivity contribution in [3.8, 4) is 5.75 Å². The first-order valence-electron chi connectivity index (χ1n) is 8.96. The summed E-state index contributed by atoms with van der Waals surface area (Å²) in [4.78, 5) is 40.0. The number of carboxylic acids is 1. The van der Waals surface area contributed by atoms with Crippen LogP contribution in [0.15, 0.2) is 42.5 Å². The maximum absolute atomic E-state index is 12.8. The van der Waals surface area contributed by atoms with E-state index in [-0.39, 0.29) is 17.4 Å². The topological polar surface area (TPSA) is 87.2 Å². The van der Waals surface area contributed by atoms with Crippen LogP contribution >= 0.6 is 0 Å². The fourth-order valence-electron chi connectivity index (χ4n) is 3.26. The van der Waals surface area contributed by atoms with E-state index in [9.17, 15) is 19.5 Å². The van der Waals surface area contributed by atoms with Gasteiger partial charge in [0.2, 0.25) is 0 Å². The van der Waals surface area contributed by atoms with Gasteiger partial charge in [-0.1, -0.05) is 6.07 Å². The maximum Gasteiger partial charge on any atom is 0.335 e. The highest BCUT2D eigenvalue weighted by Crippen LogP contribution is 2.17. The minimum absolute atomic E-state index is 0.0928. The molecule has 1 N–H and O–H groups in total. The number of piperazine rings is 1. The van der Waals surface area contributed by atoms with Crippen molar-refractivity contribution in [2.24, 2.45) is 0 Å². The summed E-state index contributed by atoms with van der Waals surface area (Å²) in [5.74, 6) is -0.769. The molecule has 1 saturated heterocycles. The van der Waals surface area contributed by atoms with Crippen LogP contribution in [0.5, 0.6) is 5.75 Å². The molecule has 2 aromatic carbocycles. The number of rotatable bonds is 4. The van der Waals surface area contributed by atoms with Gasteiger partial charge in [0.1, 0.15) is 5.75 Å². The van der Waals surface area contributed by atoms with Gasteiger partial charge in [-0.3, -0.25) is 9.59 Å². The third-order valence-electron chi connectivity index (χ3n) is 4.74. The highest BCUT2D eigenvalue weighted by molar-refractivity contribution is 5.98. The van der Waals surface area contributed by atoms with Crippen LogP contribution < -0.4 is 4.74 Å². The van der Waals surface area contributed by atoms with Crippen molar-refractivity contribution in [1.29, 1.82) is 0 Å². The molecule has 0 bridgehead atoms. The molecule has 1 heterocycles. The lowest BCUT2D eigenvalue weighted by Crippen LogP contribution is -2.50. The molecule has 2 amide bonds. The van der Waals surface area contributed by atoms with Gasteiger partial charge in [-0.25, -0.2) is 4.79 Å². The second kappa shape index (κ2) is 8.12. The molecule has 1 aliphatic rings. The van der Waals surface area contributed by atoms with Crippen molar-refractivity contribution in [3.05, 3.63) is 64.7 Å². The number of amides is 2. The van der Waals surface area contributed by atoms with Crippen LogP contribution in [0.4, 0.5) is 0 Å². The summed E-state index contributed by atoms with van der Waals surface area (Å²) in [5, 5.41) is 9.19. The van der Waals surface area contributed by atoms with E-state index in [1.165, 1.54) is 12.1 Å². The number of carbonyl (C=O) groups excluding carboxylic acids is 2. The lowest BCUT2D eigenvalue weighted by Gasteiger charge is -2.35. The van der Waals surface area contributed by atoms with E-state index in [0.717, 1.165) is 5.56 Å². The van der Waals surface area contributed by atoms with Crippen molar-refractivity contribution >= 4 is 17.8 Å². The fourth-order valence-corrected chi connectivity index (χ4v) is 3.26. The van der Waals surface area contributed by atoms with Gasteiger partial charge < -0.3 is 19.6 Å². The van der Waals surface area contributed by atoms with Gasteiger partial charge in [0.05, 0.1) is 12.7 Å². The molecule has 7 heteroatoms. The lowest BCUT2D eigenvalue weighted by atomic mass is 10.1. The Morgan fingerprint density at radius 3 is 2.00 bits per heavy atom. The Kier molecular flexibility index (Phi) is 5.63. The zero-order valence-electron chi connectivity index (χ0n) is 15.8. The predicted octanol–water partition coefficient (Wildman–Crippen LogP) is 2.30. The van der Waals surface area contributed by atoms with Gasteiger partial charge >= 0.3 is 5.97 Å². The molecule has 0 spiro atoms. The van der Waals surface area contributed by atoms with Gasteiger partial charge in [0, 0.05) is 37.3 Å². The van der Waals surface area contributed by atoms with Crippen molar-refractivity contribution in [1.82, 2.24) is 9.80 Å². The van der Waals surface area contributed by atoms with Crippen LogP contribution in [-0.2, 0) is 0 Å². The van der Waals surface area contributed by atoms with Crippen LogP contribution in [0.25, 0.3) is 0 Å². The number of methoxy groups -OCH3 is 1. The predicted molar refractivity (Wildman–Crippen MR) is 103 cm³/mol. The lowest BCUT2D eigenvalue weighted by molar-refractivity contribution is 0.0535. The molecular weight excluding hydrogens is 360 g/mol. The van der Waals surface area contributed by atoms with Crippen LogP contribution in [-0.4, -0.2) is 66.0 Å². The Balaban J connectivity index is 1.67. The molecule has 2 aromatic rings. The van der Waals surface area contributed by atoms with E-state index in [1.807, 2.05) is 0 Å². The molecule has 7 nitrogen and oxygen atoms in total. The highest BCUT2D eigenvalue weighted by atomic mass is 16.5.